The second kappa shape index (κ2) is 3.90. The molecule has 0 aliphatic heterocycles. The van der Waals surface area contributed by atoms with E-state index in [1.165, 1.54) is 0 Å². The summed E-state index contributed by atoms with van der Waals surface area (Å²) in [4.78, 5) is 0. The van der Waals surface area contributed by atoms with Crippen LogP contribution in [0.15, 0.2) is 47.1 Å². The van der Waals surface area contributed by atoms with Gasteiger partial charge in [-0.2, -0.15) is 0 Å². The average molecular weight is 225 g/mol. The molecule has 84 valence electrons. The molecule has 0 unspecified atom stereocenters. The van der Waals surface area contributed by atoms with Gasteiger partial charge in [-0.15, -0.1) is 10.2 Å². The number of furan rings is 1. The van der Waals surface area contributed by atoms with Crippen LogP contribution < -0.4 is 5.32 Å². The van der Waals surface area contributed by atoms with Gasteiger partial charge in [-0.05, 0) is 18.2 Å². The maximum absolute atomic E-state index is 5.48. The molecular formula is C13H11N3O. The van der Waals surface area contributed by atoms with Gasteiger partial charge in [0.05, 0.1) is 5.69 Å². The van der Waals surface area contributed by atoms with Crippen molar-refractivity contribution in [1.82, 2.24) is 10.2 Å². The van der Waals surface area contributed by atoms with Crippen molar-refractivity contribution in [3.8, 4) is 11.3 Å². The summed E-state index contributed by atoms with van der Waals surface area (Å²) in [5.41, 5.74) is 2.65. The number of fused-ring (bicyclic) bond motifs is 1. The molecule has 0 fully saturated rings. The van der Waals surface area contributed by atoms with Crippen LogP contribution in [0.5, 0.6) is 0 Å². The van der Waals surface area contributed by atoms with Gasteiger partial charge in [0, 0.05) is 18.0 Å². The van der Waals surface area contributed by atoms with E-state index in [1.807, 2.05) is 43.4 Å². The number of aromatic nitrogens is 2. The van der Waals surface area contributed by atoms with Crippen molar-refractivity contribution in [1.29, 1.82) is 0 Å². The van der Waals surface area contributed by atoms with Crippen molar-refractivity contribution < 1.29 is 4.42 Å². The number of hydrogen-bond acceptors (Lipinski definition) is 4. The van der Waals surface area contributed by atoms with Gasteiger partial charge in [0.15, 0.2) is 0 Å². The largest absolute Gasteiger partial charge is 0.464 e. The fraction of sp³-hybridized carbons (Fsp3) is 0.0769. The normalized spacial score (nSPS) is 10.6. The Kier molecular flexibility index (Phi) is 2.26. The van der Waals surface area contributed by atoms with Crippen molar-refractivity contribution in [3.63, 3.8) is 0 Å². The molecule has 4 nitrogen and oxygen atoms in total. The first-order chi connectivity index (χ1) is 8.38. The standard InChI is InChI=1S/C13H11N3O/c1-14-13-7-6-11(15-16-13)10-8-17-12-5-3-2-4-9(10)12/h2-8H,1H3,(H,14,16). The molecule has 0 aliphatic carbocycles. The minimum absolute atomic E-state index is 0.751. The highest BCUT2D eigenvalue weighted by Crippen LogP contribution is 2.28. The maximum atomic E-state index is 5.48. The van der Waals surface area contributed by atoms with E-state index >= 15 is 0 Å². The zero-order chi connectivity index (χ0) is 11.7. The van der Waals surface area contributed by atoms with Gasteiger partial charge in [-0.1, -0.05) is 18.2 Å². The molecule has 0 bridgehead atoms. The molecule has 1 aromatic carbocycles. The highest BCUT2D eigenvalue weighted by atomic mass is 16.3. The molecule has 0 spiro atoms. The third-order valence-corrected chi connectivity index (χ3v) is 2.68. The smallest absolute Gasteiger partial charge is 0.148 e. The zero-order valence-electron chi connectivity index (χ0n) is 9.34. The third-order valence-electron chi connectivity index (χ3n) is 2.68. The monoisotopic (exact) mass is 225 g/mol. The van der Waals surface area contributed by atoms with Crippen molar-refractivity contribution in [2.45, 2.75) is 0 Å². The van der Waals surface area contributed by atoms with Crippen LogP contribution in [0.3, 0.4) is 0 Å². The molecule has 0 aliphatic rings. The van der Waals surface area contributed by atoms with Crippen LogP contribution >= 0.6 is 0 Å². The minimum atomic E-state index is 0.751. The van der Waals surface area contributed by atoms with Crippen LogP contribution in [0, 0.1) is 0 Å². The van der Waals surface area contributed by atoms with Crippen LogP contribution in [-0.2, 0) is 0 Å². The Labute approximate surface area is 98.3 Å². The summed E-state index contributed by atoms with van der Waals surface area (Å²) in [6, 6.07) is 11.7. The summed E-state index contributed by atoms with van der Waals surface area (Å²) in [6.07, 6.45) is 1.72. The molecule has 0 atom stereocenters. The van der Waals surface area contributed by atoms with E-state index in [0.29, 0.717) is 0 Å². The molecule has 0 amide bonds. The molecule has 2 aromatic heterocycles. The minimum Gasteiger partial charge on any atom is -0.464 e. The van der Waals surface area contributed by atoms with Crippen LogP contribution in [0.2, 0.25) is 0 Å². The van der Waals surface area contributed by atoms with Gasteiger partial charge in [-0.25, -0.2) is 0 Å². The van der Waals surface area contributed by atoms with Crippen molar-refractivity contribution in [2.75, 3.05) is 12.4 Å². The highest BCUT2D eigenvalue weighted by Gasteiger charge is 2.08. The van der Waals surface area contributed by atoms with Crippen molar-refractivity contribution >= 4 is 16.8 Å². The van der Waals surface area contributed by atoms with E-state index in [2.05, 4.69) is 15.5 Å². The molecule has 2 heterocycles. The van der Waals surface area contributed by atoms with Gasteiger partial charge >= 0.3 is 0 Å². The number of rotatable bonds is 2. The molecule has 0 radical (unpaired) electrons. The van der Waals surface area contributed by atoms with Crippen LogP contribution in [0.1, 0.15) is 0 Å². The van der Waals surface area contributed by atoms with Gasteiger partial charge in [0.25, 0.3) is 0 Å². The second-order valence-corrected chi connectivity index (χ2v) is 3.70. The molecule has 0 saturated carbocycles. The first-order valence-corrected chi connectivity index (χ1v) is 5.36. The third kappa shape index (κ3) is 1.63. The lowest BCUT2D eigenvalue weighted by atomic mass is 10.1. The molecule has 0 saturated heterocycles. The van der Waals surface area contributed by atoms with Crippen molar-refractivity contribution in [3.05, 3.63) is 42.7 Å². The second-order valence-electron chi connectivity index (χ2n) is 3.70. The fourth-order valence-electron chi connectivity index (χ4n) is 1.79. The summed E-state index contributed by atoms with van der Waals surface area (Å²) in [6.45, 7) is 0. The van der Waals surface area contributed by atoms with E-state index < -0.39 is 0 Å². The Morgan fingerprint density at radius 2 is 1.94 bits per heavy atom. The molecule has 4 heteroatoms. The highest BCUT2D eigenvalue weighted by molar-refractivity contribution is 5.92. The Bertz CT molecular complexity index is 643. The predicted molar refractivity (Wildman–Crippen MR) is 66.8 cm³/mol. The number of nitrogens with zero attached hydrogens (tertiary/aromatic N) is 2. The lowest BCUT2D eigenvalue weighted by molar-refractivity contribution is 0.616. The SMILES string of the molecule is CNc1ccc(-c2coc3ccccc23)nn1. The Morgan fingerprint density at radius 3 is 2.71 bits per heavy atom. The van der Waals surface area contributed by atoms with E-state index in [1.54, 1.807) is 6.26 Å². The average Bonchev–Trinajstić information content (AvgIpc) is 2.83. The summed E-state index contributed by atoms with van der Waals surface area (Å²) < 4.78 is 5.48. The van der Waals surface area contributed by atoms with E-state index in [9.17, 15) is 0 Å². The first kappa shape index (κ1) is 9.84. The van der Waals surface area contributed by atoms with Crippen LogP contribution in [-0.4, -0.2) is 17.2 Å². The summed E-state index contributed by atoms with van der Waals surface area (Å²) in [5.74, 6) is 0.751. The van der Waals surface area contributed by atoms with Crippen LogP contribution in [0.25, 0.3) is 22.2 Å². The lowest BCUT2D eigenvalue weighted by Crippen LogP contribution is -1.94. The first-order valence-electron chi connectivity index (χ1n) is 5.36. The number of benzene rings is 1. The van der Waals surface area contributed by atoms with Crippen LogP contribution in [0.4, 0.5) is 5.82 Å². The number of anilines is 1. The topological polar surface area (TPSA) is 51.0 Å². The Balaban J connectivity index is 2.13. The van der Waals surface area contributed by atoms with E-state index in [-0.39, 0.29) is 0 Å². The van der Waals surface area contributed by atoms with E-state index in [0.717, 1.165) is 28.0 Å². The van der Waals surface area contributed by atoms with Gasteiger partial charge in [-0.3, -0.25) is 0 Å². The molecule has 3 aromatic rings. The quantitative estimate of drug-likeness (QED) is 0.728. The molecule has 3 rings (SSSR count). The zero-order valence-corrected chi connectivity index (χ0v) is 9.34. The molecule has 1 N–H and O–H groups in total. The van der Waals surface area contributed by atoms with Gasteiger partial charge in [0.2, 0.25) is 0 Å². The lowest BCUT2D eigenvalue weighted by Gasteiger charge is -1.99. The molecule has 17 heavy (non-hydrogen) atoms. The number of para-hydroxylation sites is 1. The van der Waals surface area contributed by atoms with Gasteiger partial charge in [0.1, 0.15) is 17.7 Å². The Hall–Kier alpha value is -2.36. The van der Waals surface area contributed by atoms with Gasteiger partial charge < -0.3 is 9.73 Å². The fourth-order valence-corrected chi connectivity index (χ4v) is 1.79. The number of nitrogens with one attached hydrogen (secondary N) is 1. The van der Waals surface area contributed by atoms with E-state index in [4.69, 9.17) is 4.42 Å². The summed E-state index contributed by atoms with van der Waals surface area (Å²) in [7, 11) is 1.82. The summed E-state index contributed by atoms with van der Waals surface area (Å²) >= 11 is 0. The maximum Gasteiger partial charge on any atom is 0.148 e. The number of hydrogen-bond donors (Lipinski definition) is 1. The van der Waals surface area contributed by atoms with Crippen molar-refractivity contribution in [2.24, 2.45) is 0 Å². The predicted octanol–water partition coefficient (Wildman–Crippen LogP) is 2.93. The Morgan fingerprint density at radius 1 is 1.06 bits per heavy atom. The summed E-state index contributed by atoms with van der Waals surface area (Å²) in [5, 5.41) is 12.2. The molecular weight excluding hydrogens is 214 g/mol.